The number of esters is 1. The van der Waals surface area contributed by atoms with E-state index in [0.717, 1.165) is 23.8 Å². The second-order valence-electron chi connectivity index (χ2n) is 6.54. The molecule has 0 amide bonds. The molecule has 0 N–H and O–H groups in total. The molecule has 1 fully saturated rings. The molecule has 2 bridgehead atoms. The van der Waals surface area contributed by atoms with Gasteiger partial charge in [0.1, 0.15) is 6.61 Å². The van der Waals surface area contributed by atoms with Gasteiger partial charge in [-0.25, -0.2) is 0 Å². The first-order chi connectivity index (χ1) is 8.93. The van der Waals surface area contributed by atoms with Crippen molar-refractivity contribution in [2.75, 3.05) is 6.61 Å². The summed E-state index contributed by atoms with van der Waals surface area (Å²) in [6.07, 6.45) is 9.70. The predicted octanol–water partition coefficient (Wildman–Crippen LogP) is 4.27. The molecule has 3 aliphatic carbocycles. The van der Waals surface area contributed by atoms with Crippen molar-refractivity contribution < 1.29 is 9.53 Å². The Bertz CT molecular complexity index is 419. The number of ether oxygens (including phenoxy) is 1. The largest absolute Gasteiger partial charge is 0.461 e. The summed E-state index contributed by atoms with van der Waals surface area (Å²) in [6.45, 7) is 8.69. The van der Waals surface area contributed by atoms with Crippen LogP contribution >= 0.6 is 0 Å². The van der Waals surface area contributed by atoms with Gasteiger partial charge in [0.25, 0.3) is 0 Å². The molecule has 3 atom stereocenters. The van der Waals surface area contributed by atoms with E-state index >= 15 is 0 Å². The molecular weight excluding hydrogens is 236 g/mol. The van der Waals surface area contributed by atoms with E-state index in [0.29, 0.717) is 12.0 Å². The van der Waals surface area contributed by atoms with Crippen molar-refractivity contribution in [3.8, 4) is 0 Å². The zero-order valence-corrected chi connectivity index (χ0v) is 12.7. The van der Waals surface area contributed by atoms with Crippen LogP contribution in [0, 0.1) is 17.3 Å². The molecule has 3 aliphatic rings. The monoisotopic (exact) mass is 262 g/mol. The molecule has 2 heteroatoms. The summed E-state index contributed by atoms with van der Waals surface area (Å²) < 4.78 is 5.00. The van der Waals surface area contributed by atoms with Gasteiger partial charge in [-0.3, -0.25) is 4.79 Å². The Labute approximate surface area is 116 Å². The van der Waals surface area contributed by atoms with E-state index in [2.05, 4.69) is 26.0 Å². The average molecular weight is 262 g/mol. The van der Waals surface area contributed by atoms with Crippen LogP contribution in [0.1, 0.15) is 53.4 Å². The predicted molar refractivity (Wildman–Crippen MR) is 77.7 cm³/mol. The van der Waals surface area contributed by atoms with Gasteiger partial charge in [-0.2, -0.15) is 0 Å². The number of fused-ring (bicyclic) bond motifs is 1. The van der Waals surface area contributed by atoms with E-state index < -0.39 is 0 Å². The zero-order valence-electron chi connectivity index (χ0n) is 12.7. The van der Waals surface area contributed by atoms with Crippen molar-refractivity contribution in [3.05, 3.63) is 23.3 Å². The van der Waals surface area contributed by atoms with Gasteiger partial charge in [-0.15, -0.1) is 0 Å². The van der Waals surface area contributed by atoms with Crippen molar-refractivity contribution in [2.45, 2.75) is 53.4 Å². The van der Waals surface area contributed by atoms with Crippen LogP contribution in [0.15, 0.2) is 23.3 Å². The van der Waals surface area contributed by atoms with Crippen LogP contribution in [0.25, 0.3) is 0 Å². The normalized spacial score (nSPS) is 33.5. The lowest BCUT2D eigenvalue weighted by atomic mass is 9.47. The summed E-state index contributed by atoms with van der Waals surface area (Å²) in [5, 5.41) is 0. The summed E-state index contributed by atoms with van der Waals surface area (Å²) in [5.41, 5.74) is 3.28. The first-order valence-electron chi connectivity index (χ1n) is 7.39. The van der Waals surface area contributed by atoms with Gasteiger partial charge in [-0.1, -0.05) is 24.6 Å². The summed E-state index contributed by atoms with van der Waals surface area (Å²) in [7, 11) is 0. The van der Waals surface area contributed by atoms with Gasteiger partial charge < -0.3 is 4.74 Å². The van der Waals surface area contributed by atoms with Crippen LogP contribution in [-0.4, -0.2) is 12.6 Å². The number of carbonyl (C=O) groups excluding carboxylic acids is 1. The molecule has 0 unspecified atom stereocenters. The minimum atomic E-state index is -0.200. The molecule has 106 valence electrons. The van der Waals surface area contributed by atoms with E-state index in [9.17, 15) is 4.79 Å². The van der Waals surface area contributed by atoms with Crippen LogP contribution < -0.4 is 0 Å². The Kier molecular flexibility index (Phi) is 4.17. The minimum absolute atomic E-state index is 0.200. The highest BCUT2D eigenvalue weighted by molar-refractivity contribution is 5.66. The van der Waals surface area contributed by atoms with Crippen molar-refractivity contribution in [1.29, 1.82) is 0 Å². The minimum Gasteiger partial charge on any atom is -0.461 e. The van der Waals surface area contributed by atoms with Crippen molar-refractivity contribution in [3.63, 3.8) is 0 Å². The van der Waals surface area contributed by atoms with Crippen LogP contribution in [0.4, 0.5) is 0 Å². The molecule has 2 nitrogen and oxygen atoms in total. The second-order valence-corrected chi connectivity index (χ2v) is 6.54. The lowest BCUT2D eigenvalue weighted by molar-refractivity contribution is -0.139. The fourth-order valence-electron chi connectivity index (χ4n) is 3.77. The number of hydrogen-bond acceptors (Lipinski definition) is 2. The zero-order chi connectivity index (χ0) is 14.0. The molecule has 0 saturated heterocycles. The second kappa shape index (κ2) is 5.52. The summed E-state index contributed by atoms with van der Waals surface area (Å²) in [6, 6.07) is 0. The van der Waals surface area contributed by atoms with Gasteiger partial charge in [0.15, 0.2) is 0 Å². The van der Waals surface area contributed by atoms with Gasteiger partial charge in [0, 0.05) is 6.92 Å². The Hall–Kier alpha value is -1.05. The van der Waals surface area contributed by atoms with Crippen molar-refractivity contribution >= 4 is 5.97 Å². The van der Waals surface area contributed by atoms with E-state index in [1.165, 1.54) is 26.2 Å². The molecule has 0 heterocycles. The fraction of sp³-hybridized carbons (Fsp3) is 0.706. The maximum atomic E-state index is 10.7. The third kappa shape index (κ3) is 2.93. The molecule has 0 radical (unpaired) electrons. The molecular formula is C17H26O2. The molecule has 0 spiro atoms. The van der Waals surface area contributed by atoms with Crippen molar-refractivity contribution in [2.24, 2.45) is 17.3 Å². The summed E-state index contributed by atoms with van der Waals surface area (Å²) >= 11 is 0. The number of carbonyl (C=O) groups is 1. The first-order valence-corrected chi connectivity index (χ1v) is 7.39. The fourth-order valence-corrected chi connectivity index (χ4v) is 3.77. The highest BCUT2D eigenvalue weighted by Gasteiger charge is 2.52. The lowest BCUT2D eigenvalue weighted by Crippen LogP contribution is -2.49. The molecule has 0 aliphatic heterocycles. The van der Waals surface area contributed by atoms with Gasteiger partial charge in [0.2, 0.25) is 0 Å². The van der Waals surface area contributed by atoms with Crippen LogP contribution in [0.2, 0.25) is 0 Å². The highest BCUT2D eigenvalue weighted by Crippen LogP contribution is 2.61. The SMILES string of the molecule is CC(=O)OC/C(C)=C/CC[C@]1(C)[C@H]2CC=C(C)[C@@H]1C2. The van der Waals surface area contributed by atoms with Gasteiger partial charge in [0.05, 0.1) is 0 Å². The summed E-state index contributed by atoms with van der Waals surface area (Å²) in [4.78, 5) is 10.7. The average Bonchev–Trinajstić information content (AvgIpc) is 2.35. The Morgan fingerprint density at radius 3 is 2.84 bits per heavy atom. The molecule has 0 aromatic rings. The lowest BCUT2D eigenvalue weighted by Gasteiger charge is -2.58. The molecule has 19 heavy (non-hydrogen) atoms. The molecule has 0 aromatic carbocycles. The van der Waals surface area contributed by atoms with Crippen LogP contribution in [-0.2, 0) is 9.53 Å². The highest BCUT2D eigenvalue weighted by atomic mass is 16.5. The quantitative estimate of drug-likeness (QED) is 0.546. The summed E-state index contributed by atoms with van der Waals surface area (Å²) in [5.74, 6) is 1.51. The molecule has 1 saturated carbocycles. The maximum Gasteiger partial charge on any atom is 0.302 e. The smallest absolute Gasteiger partial charge is 0.302 e. The van der Waals surface area contributed by atoms with E-state index in [1.54, 1.807) is 5.57 Å². The standard InChI is InChI=1S/C17H26O2/c1-12(11-19-14(3)18)6-5-9-17(4)15-8-7-13(2)16(17)10-15/h6-7,15-16H,5,8-11H2,1-4H3/b12-6+/t15-,16-,17+/m0/s1. The Morgan fingerprint density at radius 1 is 1.53 bits per heavy atom. The van der Waals surface area contributed by atoms with Gasteiger partial charge in [-0.05, 0) is 62.4 Å². The third-order valence-electron chi connectivity index (χ3n) is 5.20. The molecule has 0 aromatic heterocycles. The van der Waals surface area contributed by atoms with E-state index in [1.807, 2.05) is 6.92 Å². The van der Waals surface area contributed by atoms with Crippen LogP contribution in [0.5, 0.6) is 0 Å². The van der Waals surface area contributed by atoms with Crippen molar-refractivity contribution in [1.82, 2.24) is 0 Å². The Balaban J connectivity index is 1.82. The van der Waals surface area contributed by atoms with Gasteiger partial charge >= 0.3 is 5.97 Å². The van der Waals surface area contributed by atoms with Crippen LogP contribution in [0.3, 0.4) is 0 Å². The maximum absolute atomic E-state index is 10.7. The first kappa shape index (κ1) is 14.4. The number of rotatable bonds is 5. The number of allylic oxidation sites excluding steroid dienone is 3. The van der Waals surface area contributed by atoms with E-state index in [-0.39, 0.29) is 5.97 Å². The molecule has 3 rings (SSSR count). The Morgan fingerprint density at radius 2 is 2.26 bits per heavy atom. The topological polar surface area (TPSA) is 26.3 Å². The van der Waals surface area contributed by atoms with E-state index in [4.69, 9.17) is 4.74 Å². The number of hydrogen-bond donors (Lipinski definition) is 0. The third-order valence-corrected chi connectivity index (χ3v) is 5.20.